The first-order valence-corrected chi connectivity index (χ1v) is 6.93. The molecule has 0 saturated heterocycles. The minimum absolute atomic E-state index is 0.276. The highest BCUT2D eigenvalue weighted by Gasteiger charge is 2.20. The van der Waals surface area contributed by atoms with Gasteiger partial charge in [0.1, 0.15) is 6.04 Å². The van der Waals surface area contributed by atoms with Crippen LogP contribution < -0.4 is 16.6 Å². The normalized spacial score (nSPS) is 11.9. The lowest BCUT2D eigenvalue weighted by molar-refractivity contribution is -0.119. The van der Waals surface area contributed by atoms with E-state index >= 15 is 0 Å². The summed E-state index contributed by atoms with van der Waals surface area (Å²) in [5.41, 5.74) is 6.52. The Morgan fingerprint density at radius 3 is 2.71 bits per heavy atom. The van der Waals surface area contributed by atoms with Crippen LogP contribution in [0.25, 0.3) is 0 Å². The molecule has 0 radical (unpaired) electrons. The van der Waals surface area contributed by atoms with Gasteiger partial charge in [0, 0.05) is 12.3 Å². The molecule has 1 unspecified atom stereocenters. The number of halogens is 1. The summed E-state index contributed by atoms with van der Waals surface area (Å²) in [6, 6.07) is 9.16. The summed E-state index contributed by atoms with van der Waals surface area (Å²) in [6.07, 6.45) is 1.92. The predicted molar refractivity (Wildman–Crippen MR) is 84.5 cm³/mol. The molecule has 3 N–H and O–H groups in total. The van der Waals surface area contributed by atoms with E-state index in [4.69, 9.17) is 17.3 Å². The molecule has 1 atom stereocenters. The van der Waals surface area contributed by atoms with E-state index in [2.05, 4.69) is 5.32 Å². The SMILES string of the molecule is CCC(C(=O)Nc1ccccc1N)n1cc(Cl)ccc1=O. The van der Waals surface area contributed by atoms with E-state index in [9.17, 15) is 9.59 Å². The number of rotatable bonds is 4. The Labute approximate surface area is 127 Å². The highest BCUT2D eigenvalue weighted by molar-refractivity contribution is 6.30. The summed E-state index contributed by atoms with van der Waals surface area (Å²) in [4.78, 5) is 24.3. The predicted octanol–water partition coefficient (Wildman–Crippen LogP) is 2.67. The van der Waals surface area contributed by atoms with E-state index < -0.39 is 6.04 Å². The van der Waals surface area contributed by atoms with Crippen LogP contribution in [0.2, 0.25) is 5.02 Å². The number of carbonyl (C=O) groups excluding carboxylic acids is 1. The van der Waals surface area contributed by atoms with Crippen LogP contribution in [0.1, 0.15) is 19.4 Å². The van der Waals surface area contributed by atoms with Gasteiger partial charge in [0.15, 0.2) is 0 Å². The lowest BCUT2D eigenvalue weighted by Crippen LogP contribution is -2.32. The maximum atomic E-state index is 12.4. The Morgan fingerprint density at radius 2 is 2.05 bits per heavy atom. The first-order valence-electron chi connectivity index (χ1n) is 6.56. The van der Waals surface area contributed by atoms with Gasteiger partial charge in [0.2, 0.25) is 5.91 Å². The molecular weight excluding hydrogens is 290 g/mol. The molecule has 0 saturated carbocycles. The molecule has 0 aliphatic carbocycles. The lowest BCUT2D eigenvalue weighted by Gasteiger charge is -2.18. The lowest BCUT2D eigenvalue weighted by atomic mass is 10.2. The van der Waals surface area contributed by atoms with Gasteiger partial charge in [-0.1, -0.05) is 30.7 Å². The van der Waals surface area contributed by atoms with E-state index in [0.29, 0.717) is 22.8 Å². The van der Waals surface area contributed by atoms with Crippen LogP contribution in [0.4, 0.5) is 11.4 Å². The molecule has 1 heterocycles. The zero-order valence-corrected chi connectivity index (χ0v) is 12.3. The van der Waals surface area contributed by atoms with Crippen molar-refractivity contribution in [2.75, 3.05) is 11.1 Å². The molecule has 0 spiro atoms. The Bertz CT molecular complexity index is 712. The van der Waals surface area contributed by atoms with Crippen LogP contribution in [0, 0.1) is 0 Å². The minimum Gasteiger partial charge on any atom is -0.397 e. The van der Waals surface area contributed by atoms with Gasteiger partial charge in [-0.25, -0.2) is 0 Å². The molecule has 1 amide bonds. The van der Waals surface area contributed by atoms with Crippen molar-refractivity contribution >= 4 is 28.9 Å². The molecule has 0 aliphatic heterocycles. The number of hydrogen-bond acceptors (Lipinski definition) is 3. The highest BCUT2D eigenvalue weighted by Crippen LogP contribution is 2.20. The Morgan fingerprint density at radius 1 is 1.33 bits per heavy atom. The molecule has 1 aromatic heterocycles. The molecule has 0 bridgehead atoms. The number of anilines is 2. The van der Waals surface area contributed by atoms with Gasteiger partial charge in [-0.3, -0.25) is 9.59 Å². The number of hydrogen-bond donors (Lipinski definition) is 2. The fourth-order valence-electron chi connectivity index (χ4n) is 2.06. The maximum Gasteiger partial charge on any atom is 0.251 e. The second kappa shape index (κ2) is 6.45. The van der Waals surface area contributed by atoms with Crippen molar-refractivity contribution in [3.8, 4) is 0 Å². The van der Waals surface area contributed by atoms with Crippen LogP contribution in [0.15, 0.2) is 47.4 Å². The van der Waals surface area contributed by atoms with Gasteiger partial charge >= 0.3 is 0 Å². The van der Waals surface area contributed by atoms with Gasteiger partial charge in [-0.2, -0.15) is 0 Å². The quantitative estimate of drug-likeness (QED) is 0.853. The van der Waals surface area contributed by atoms with Crippen LogP contribution in [-0.2, 0) is 4.79 Å². The van der Waals surface area contributed by atoms with Gasteiger partial charge < -0.3 is 15.6 Å². The molecule has 21 heavy (non-hydrogen) atoms. The summed E-state index contributed by atoms with van der Waals surface area (Å²) in [6.45, 7) is 1.83. The van der Waals surface area contributed by atoms with E-state index in [1.54, 1.807) is 24.3 Å². The van der Waals surface area contributed by atoms with Crippen LogP contribution in [-0.4, -0.2) is 10.5 Å². The molecule has 0 aliphatic rings. The van der Waals surface area contributed by atoms with Crippen molar-refractivity contribution in [3.63, 3.8) is 0 Å². The standard InChI is InChI=1S/C15H16ClN3O2/c1-2-13(19-9-10(16)7-8-14(19)20)15(21)18-12-6-4-3-5-11(12)17/h3-9,13H,2,17H2,1H3,(H,18,21). The van der Waals surface area contributed by atoms with E-state index in [0.717, 1.165) is 0 Å². The Kier molecular flexibility index (Phi) is 4.65. The summed E-state index contributed by atoms with van der Waals surface area (Å²) < 4.78 is 1.33. The van der Waals surface area contributed by atoms with Crippen molar-refractivity contribution < 1.29 is 4.79 Å². The number of benzene rings is 1. The van der Waals surface area contributed by atoms with Crippen LogP contribution in [0.3, 0.4) is 0 Å². The molecule has 110 valence electrons. The number of nitrogens with zero attached hydrogens (tertiary/aromatic N) is 1. The summed E-state index contributed by atoms with van der Waals surface area (Å²) in [7, 11) is 0. The van der Waals surface area contributed by atoms with Crippen molar-refractivity contribution in [3.05, 3.63) is 58.0 Å². The number of nitrogens with one attached hydrogen (secondary N) is 1. The van der Waals surface area contributed by atoms with Crippen molar-refractivity contribution in [2.45, 2.75) is 19.4 Å². The second-order valence-electron chi connectivity index (χ2n) is 4.59. The monoisotopic (exact) mass is 305 g/mol. The van der Waals surface area contributed by atoms with Crippen LogP contribution in [0.5, 0.6) is 0 Å². The van der Waals surface area contributed by atoms with Crippen molar-refractivity contribution in [1.82, 2.24) is 4.57 Å². The number of para-hydroxylation sites is 2. The van der Waals surface area contributed by atoms with E-state index in [1.165, 1.54) is 22.9 Å². The third-order valence-electron chi connectivity index (χ3n) is 3.15. The second-order valence-corrected chi connectivity index (χ2v) is 5.03. The molecule has 2 rings (SSSR count). The molecular formula is C15H16ClN3O2. The maximum absolute atomic E-state index is 12.4. The zero-order valence-electron chi connectivity index (χ0n) is 11.5. The molecule has 1 aromatic carbocycles. The largest absolute Gasteiger partial charge is 0.397 e. The number of carbonyl (C=O) groups is 1. The third kappa shape index (κ3) is 3.44. The first-order chi connectivity index (χ1) is 10.0. The Hall–Kier alpha value is -2.27. The van der Waals surface area contributed by atoms with E-state index in [-0.39, 0.29) is 11.5 Å². The summed E-state index contributed by atoms with van der Waals surface area (Å²) >= 11 is 5.90. The molecule has 5 nitrogen and oxygen atoms in total. The average molecular weight is 306 g/mol. The third-order valence-corrected chi connectivity index (χ3v) is 3.37. The number of amides is 1. The van der Waals surface area contributed by atoms with Crippen molar-refractivity contribution in [1.29, 1.82) is 0 Å². The van der Waals surface area contributed by atoms with Gasteiger partial charge in [-0.15, -0.1) is 0 Å². The molecule has 2 aromatic rings. The van der Waals surface area contributed by atoms with Gasteiger partial charge in [0.25, 0.3) is 5.56 Å². The Balaban J connectivity index is 2.29. The number of pyridine rings is 1. The number of aromatic nitrogens is 1. The number of nitrogens with two attached hydrogens (primary N) is 1. The fourth-order valence-corrected chi connectivity index (χ4v) is 2.22. The summed E-state index contributed by atoms with van der Waals surface area (Å²) in [5.74, 6) is -0.306. The fraction of sp³-hybridized carbons (Fsp3) is 0.200. The molecule has 6 heteroatoms. The van der Waals surface area contributed by atoms with Gasteiger partial charge in [0.05, 0.1) is 16.4 Å². The first kappa shape index (κ1) is 15.1. The van der Waals surface area contributed by atoms with E-state index in [1.807, 2.05) is 6.92 Å². The topological polar surface area (TPSA) is 77.1 Å². The van der Waals surface area contributed by atoms with Crippen LogP contribution >= 0.6 is 11.6 Å². The minimum atomic E-state index is -0.643. The van der Waals surface area contributed by atoms with Crippen molar-refractivity contribution in [2.24, 2.45) is 0 Å². The number of nitrogen functional groups attached to an aromatic ring is 1. The average Bonchev–Trinajstić information content (AvgIpc) is 2.46. The smallest absolute Gasteiger partial charge is 0.251 e. The molecule has 0 fully saturated rings. The summed E-state index contributed by atoms with van der Waals surface area (Å²) in [5, 5.41) is 3.14. The zero-order chi connectivity index (χ0) is 15.4. The van der Waals surface area contributed by atoms with Gasteiger partial charge in [-0.05, 0) is 24.6 Å². The highest BCUT2D eigenvalue weighted by atomic mass is 35.5.